The minimum absolute atomic E-state index is 0.0753. The summed E-state index contributed by atoms with van der Waals surface area (Å²) in [4.78, 5) is 15.3. The van der Waals surface area contributed by atoms with E-state index in [-0.39, 0.29) is 5.91 Å². The summed E-state index contributed by atoms with van der Waals surface area (Å²) >= 11 is 0. The van der Waals surface area contributed by atoms with E-state index in [1.54, 1.807) is 0 Å². The van der Waals surface area contributed by atoms with Crippen LogP contribution in [0, 0.1) is 0 Å². The zero-order valence-electron chi connectivity index (χ0n) is 18.0. The van der Waals surface area contributed by atoms with Gasteiger partial charge in [0.2, 0.25) is 0 Å². The first-order chi connectivity index (χ1) is 13.6. The number of hydrogen-bond acceptors (Lipinski definition) is 4. The number of benzene rings is 1. The Balaban J connectivity index is 1.79. The van der Waals surface area contributed by atoms with Crippen LogP contribution in [0.1, 0.15) is 65.7 Å². The highest BCUT2D eigenvalue weighted by Crippen LogP contribution is 2.23. The summed E-state index contributed by atoms with van der Waals surface area (Å²) in [5, 5.41) is 3.01. The Hall–Kier alpha value is -1.59. The summed E-state index contributed by atoms with van der Waals surface area (Å²) in [6, 6.07) is 7.63. The Kier molecular flexibility index (Phi) is 9.79. The van der Waals surface area contributed by atoms with E-state index in [9.17, 15) is 4.79 Å². The van der Waals surface area contributed by atoms with Crippen molar-refractivity contribution in [3.05, 3.63) is 24.3 Å². The van der Waals surface area contributed by atoms with Crippen molar-refractivity contribution >= 4 is 11.6 Å². The molecule has 28 heavy (non-hydrogen) atoms. The molecule has 1 saturated heterocycles. The molecule has 1 N–H and O–H groups in total. The lowest BCUT2D eigenvalue weighted by Gasteiger charge is -2.28. The van der Waals surface area contributed by atoms with Gasteiger partial charge in [0, 0.05) is 18.8 Å². The number of anilines is 1. The predicted molar refractivity (Wildman–Crippen MR) is 115 cm³/mol. The maximum atomic E-state index is 12.8. The van der Waals surface area contributed by atoms with Crippen molar-refractivity contribution in [2.45, 2.75) is 71.3 Å². The fourth-order valence-electron chi connectivity index (χ4n) is 3.47. The highest BCUT2D eigenvalue weighted by molar-refractivity contribution is 5.97. The highest BCUT2D eigenvalue weighted by Gasteiger charge is 2.33. The number of carbonyl (C=O) groups is 1. The average molecular weight is 391 g/mol. The van der Waals surface area contributed by atoms with Gasteiger partial charge in [-0.2, -0.15) is 0 Å². The van der Waals surface area contributed by atoms with Gasteiger partial charge in [0.1, 0.15) is 11.4 Å². The number of rotatable bonds is 13. The van der Waals surface area contributed by atoms with Crippen LogP contribution >= 0.6 is 0 Å². The highest BCUT2D eigenvalue weighted by atomic mass is 16.5. The summed E-state index contributed by atoms with van der Waals surface area (Å²) in [6.45, 7) is 11.0. The molecular weight excluding hydrogens is 352 g/mol. The molecule has 0 unspecified atom stereocenters. The fraction of sp³-hybridized carbons (Fsp3) is 0.696. The molecule has 1 aromatic rings. The van der Waals surface area contributed by atoms with Crippen molar-refractivity contribution < 1.29 is 14.3 Å². The molecule has 158 valence electrons. The van der Waals surface area contributed by atoms with E-state index >= 15 is 0 Å². The molecule has 1 heterocycles. The maximum Gasteiger partial charge on any atom is 0.256 e. The molecule has 0 aromatic heterocycles. The van der Waals surface area contributed by atoms with E-state index in [1.807, 2.05) is 31.2 Å². The predicted octanol–water partition coefficient (Wildman–Crippen LogP) is 4.87. The van der Waals surface area contributed by atoms with Gasteiger partial charge in [0.15, 0.2) is 0 Å². The van der Waals surface area contributed by atoms with E-state index in [0.29, 0.717) is 6.61 Å². The minimum atomic E-state index is -0.781. The van der Waals surface area contributed by atoms with E-state index in [4.69, 9.17) is 9.47 Å². The third-order valence-electron chi connectivity index (χ3n) is 5.31. The number of nitrogens with zero attached hydrogens (tertiary/aromatic N) is 1. The molecule has 1 atom stereocenters. The molecule has 0 spiro atoms. The molecule has 5 nitrogen and oxygen atoms in total. The summed E-state index contributed by atoms with van der Waals surface area (Å²) in [5.74, 6) is 0.768. The van der Waals surface area contributed by atoms with Crippen molar-refractivity contribution in [3.63, 3.8) is 0 Å². The van der Waals surface area contributed by atoms with E-state index < -0.39 is 5.60 Å². The molecule has 1 aliphatic heterocycles. The van der Waals surface area contributed by atoms with Crippen molar-refractivity contribution in [2.24, 2.45) is 0 Å². The lowest BCUT2D eigenvalue weighted by molar-refractivity contribution is -0.140. The van der Waals surface area contributed by atoms with Crippen molar-refractivity contribution in [1.29, 1.82) is 0 Å². The number of unbranched alkanes of at least 4 members (excludes halogenated alkanes) is 1. The van der Waals surface area contributed by atoms with Crippen molar-refractivity contribution in [1.82, 2.24) is 4.90 Å². The second kappa shape index (κ2) is 12.1. The summed E-state index contributed by atoms with van der Waals surface area (Å²) in [6.07, 6.45) is 7.35. The second-order valence-corrected chi connectivity index (χ2v) is 7.91. The Bertz CT molecular complexity index is 560. The van der Waals surface area contributed by atoms with Crippen LogP contribution in [0.5, 0.6) is 5.75 Å². The Morgan fingerprint density at radius 3 is 2.43 bits per heavy atom. The zero-order chi connectivity index (χ0) is 20.2. The van der Waals surface area contributed by atoms with Crippen LogP contribution in [0.2, 0.25) is 0 Å². The normalized spacial score (nSPS) is 16.7. The third-order valence-corrected chi connectivity index (χ3v) is 5.31. The van der Waals surface area contributed by atoms with E-state index in [0.717, 1.165) is 56.7 Å². The lowest BCUT2D eigenvalue weighted by Crippen LogP contribution is -2.43. The number of likely N-dealkylation sites (tertiary alicyclic amines) is 1. The van der Waals surface area contributed by atoms with Crippen LogP contribution < -0.4 is 10.1 Å². The smallest absolute Gasteiger partial charge is 0.256 e. The molecule has 0 aliphatic carbocycles. The standard InChI is InChI=1S/C23H38N2O3/c1-4-6-14-23(3,28-18-5-2)22(26)24-20-10-12-21(13-11-20)27-19-9-17-25-15-7-8-16-25/h10-13H,4-9,14-19H2,1-3H3,(H,24,26)/t23-/m1/s1. The number of hydrogen-bond donors (Lipinski definition) is 1. The summed E-state index contributed by atoms with van der Waals surface area (Å²) in [5.41, 5.74) is -0.00577. The lowest BCUT2D eigenvalue weighted by atomic mass is 9.97. The number of carbonyl (C=O) groups excluding carboxylic acids is 1. The quantitative estimate of drug-likeness (QED) is 0.489. The first-order valence-electron chi connectivity index (χ1n) is 11.0. The first kappa shape index (κ1) is 22.7. The molecule has 5 heteroatoms. The molecule has 1 amide bonds. The Labute approximate surface area is 170 Å². The SMILES string of the molecule is CCCC[C@@](C)(OCCC)C(=O)Nc1ccc(OCCCN2CCCC2)cc1. The molecule has 1 aliphatic rings. The van der Waals surface area contributed by atoms with Crippen molar-refractivity contribution in [2.75, 3.05) is 38.2 Å². The van der Waals surface area contributed by atoms with Gasteiger partial charge in [-0.25, -0.2) is 0 Å². The summed E-state index contributed by atoms with van der Waals surface area (Å²) in [7, 11) is 0. The number of ether oxygens (including phenoxy) is 2. The molecule has 2 rings (SSSR count). The van der Waals surface area contributed by atoms with Crippen LogP contribution in [-0.4, -0.2) is 49.3 Å². The van der Waals surface area contributed by atoms with E-state index in [1.165, 1.54) is 25.9 Å². The molecule has 0 bridgehead atoms. The Morgan fingerprint density at radius 1 is 1.07 bits per heavy atom. The maximum absolute atomic E-state index is 12.8. The molecular formula is C23H38N2O3. The molecule has 0 radical (unpaired) electrons. The van der Waals surface area contributed by atoms with Gasteiger partial charge in [-0.3, -0.25) is 4.79 Å². The zero-order valence-corrected chi connectivity index (χ0v) is 18.0. The van der Waals surface area contributed by atoms with Gasteiger partial charge in [0.25, 0.3) is 5.91 Å². The number of nitrogens with one attached hydrogen (secondary N) is 1. The topological polar surface area (TPSA) is 50.8 Å². The van der Waals surface area contributed by atoms with E-state index in [2.05, 4.69) is 24.1 Å². The van der Waals surface area contributed by atoms with Crippen LogP contribution in [0.3, 0.4) is 0 Å². The van der Waals surface area contributed by atoms with Crippen LogP contribution in [0.25, 0.3) is 0 Å². The largest absolute Gasteiger partial charge is 0.494 e. The van der Waals surface area contributed by atoms with Crippen LogP contribution in [0.15, 0.2) is 24.3 Å². The van der Waals surface area contributed by atoms with Crippen LogP contribution in [0.4, 0.5) is 5.69 Å². The van der Waals surface area contributed by atoms with Gasteiger partial charge in [0.05, 0.1) is 6.61 Å². The van der Waals surface area contributed by atoms with Gasteiger partial charge >= 0.3 is 0 Å². The van der Waals surface area contributed by atoms with Crippen molar-refractivity contribution in [3.8, 4) is 5.75 Å². The third kappa shape index (κ3) is 7.44. The van der Waals surface area contributed by atoms with Gasteiger partial charge < -0.3 is 19.7 Å². The molecule has 1 aromatic carbocycles. The molecule has 1 fully saturated rings. The summed E-state index contributed by atoms with van der Waals surface area (Å²) < 4.78 is 11.7. The van der Waals surface area contributed by atoms with Gasteiger partial charge in [-0.05, 0) is 76.4 Å². The van der Waals surface area contributed by atoms with Crippen LogP contribution in [-0.2, 0) is 9.53 Å². The molecule has 0 saturated carbocycles. The first-order valence-corrected chi connectivity index (χ1v) is 11.0. The minimum Gasteiger partial charge on any atom is -0.494 e. The second-order valence-electron chi connectivity index (χ2n) is 7.91. The number of amides is 1. The fourth-order valence-corrected chi connectivity index (χ4v) is 3.47. The average Bonchev–Trinajstić information content (AvgIpc) is 3.23. The Morgan fingerprint density at radius 2 is 1.79 bits per heavy atom. The van der Waals surface area contributed by atoms with Gasteiger partial charge in [-0.15, -0.1) is 0 Å². The van der Waals surface area contributed by atoms with Gasteiger partial charge in [-0.1, -0.05) is 26.7 Å². The monoisotopic (exact) mass is 390 g/mol.